The van der Waals surface area contributed by atoms with Gasteiger partial charge in [0, 0.05) is 17.8 Å². The summed E-state index contributed by atoms with van der Waals surface area (Å²) in [6.45, 7) is 0. The Balaban J connectivity index is 1.72. The van der Waals surface area contributed by atoms with Crippen molar-refractivity contribution in [1.82, 2.24) is 15.0 Å². The zero-order valence-corrected chi connectivity index (χ0v) is 17.5. The summed E-state index contributed by atoms with van der Waals surface area (Å²) in [4.78, 5) is 18.1. The maximum atomic E-state index is 5.67. The first-order valence-corrected chi connectivity index (χ1v) is 10.4. The highest BCUT2D eigenvalue weighted by molar-refractivity contribution is 5.91. The molecule has 0 unspecified atom stereocenters. The van der Waals surface area contributed by atoms with Crippen LogP contribution < -0.4 is 21.5 Å². The molecule has 1 aliphatic carbocycles. The Morgan fingerprint density at radius 3 is 2.81 bits per heavy atom. The highest BCUT2D eigenvalue weighted by atomic mass is 16.5. The predicted octanol–water partition coefficient (Wildman–Crippen LogP) is 3.20. The molecule has 0 saturated heterocycles. The van der Waals surface area contributed by atoms with Gasteiger partial charge in [0.2, 0.25) is 0 Å². The lowest BCUT2D eigenvalue weighted by atomic mass is 9.90. The molecule has 3 aromatic rings. The Bertz CT molecular complexity index is 1090. The molecule has 31 heavy (non-hydrogen) atoms. The minimum Gasteiger partial charge on any atom is -0.497 e. The maximum absolute atomic E-state index is 5.67. The van der Waals surface area contributed by atoms with Crippen LogP contribution in [0.25, 0.3) is 23.1 Å². The van der Waals surface area contributed by atoms with E-state index in [4.69, 9.17) is 26.2 Å². The van der Waals surface area contributed by atoms with Gasteiger partial charge in [-0.2, -0.15) is 0 Å². The molecule has 4 rings (SSSR count). The van der Waals surface area contributed by atoms with Crippen molar-refractivity contribution >= 4 is 34.8 Å². The number of methoxy groups -OCH3 is 1. The summed E-state index contributed by atoms with van der Waals surface area (Å²) in [6.07, 6.45) is 11.5. The number of benzene rings is 1. The Morgan fingerprint density at radius 2 is 2.03 bits per heavy atom. The zero-order valence-electron chi connectivity index (χ0n) is 17.5. The van der Waals surface area contributed by atoms with Gasteiger partial charge in [0.05, 0.1) is 24.7 Å². The molecule has 2 aromatic heterocycles. The van der Waals surface area contributed by atoms with E-state index in [9.17, 15) is 0 Å². The number of fused-ring (bicyclic) bond motifs is 1. The third-order valence-corrected chi connectivity index (χ3v) is 5.40. The van der Waals surface area contributed by atoms with E-state index in [1.165, 1.54) is 0 Å². The Kier molecular flexibility index (Phi) is 6.26. The molecule has 8 heteroatoms. The molecule has 0 spiro atoms. The van der Waals surface area contributed by atoms with E-state index in [0.717, 1.165) is 53.7 Å². The number of anilines is 1. The number of rotatable bonds is 6. The number of nitrogens with zero attached hydrogens (tertiary/aromatic N) is 4. The second-order valence-corrected chi connectivity index (χ2v) is 7.59. The van der Waals surface area contributed by atoms with Crippen LogP contribution in [0.3, 0.4) is 0 Å². The molecule has 0 bridgehead atoms. The number of hydrogen-bond donors (Lipinski definition) is 3. The monoisotopic (exact) mass is 417 g/mol. The second kappa shape index (κ2) is 9.42. The van der Waals surface area contributed by atoms with Crippen molar-refractivity contribution < 1.29 is 4.74 Å². The van der Waals surface area contributed by atoms with Crippen LogP contribution in [0, 0.1) is 0 Å². The van der Waals surface area contributed by atoms with Crippen molar-refractivity contribution in [2.75, 3.05) is 12.4 Å². The molecule has 1 aliphatic rings. The lowest BCUT2D eigenvalue weighted by molar-refractivity contribution is 0.405. The molecule has 1 fully saturated rings. The summed E-state index contributed by atoms with van der Waals surface area (Å²) < 4.78 is 5.42. The second-order valence-electron chi connectivity index (χ2n) is 7.59. The minimum atomic E-state index is 0.0174. The normalized spacial score (nSPS) is 18.7. The van der Waals surface area contributed by atoms with Gasteiger partial charge >= 0.3 is 0 Å². The molecule has 1 saturated carbocycles. The van der Waals surface area contributed by atoms with Gasteiger partial charge < -0.3 is 21.5 Å². The van der Waals surface area contributed by atoms with Crippen LogP contribution in [0.15, 0.2) is 47.7 Å². The van der Waals surface area contributed by atoms with E-state index in [2.05, 4.69) is 15.3 Å². The smallest absolute Gasteiger partial charge is 0.186 e. The fourth-order valence-electron chi connectivity index (χ4n) is 3.88. The summed E-state index contributed by atoms with van der Waals surface area (Å²) in [5.74, 6) is 2.23. The summed E-state index contributed by atoms with van der Waals surface area (Å²) in [5, 5.41) is 4.49. The minimum absolute atomic E-state index is 0.0174. The summed E-state index contributed by atoms with van der Waals surface area (Å²) >= 11 is 0. The first-order chi connectivity index (χ1) is 15.1. The molecule has 8 nitrogen and oxygen atoms in total. The molecular formula is C23H27N7O. The number of aromatic nitrogens is 3. The van der Waals surface area contributed by atoms with Gasteiger partial charge in [0.15, 0.2) is 11.8 Å². The van der Waals surface area contributed by atoms with Crippen LogP contribution in [0.1, 0.15) is 37.1 Å². The van der Waals surface area contributed by atoms with Gasteiger partial charge in [-0.25, -0.2) is 15.0 Å². The Hall–Kier alpha value is -3.68. The van der Waals surface area contributed by atoms with E-state index in [0.29, 0.717) is 5.82 Å². The number of nitrogens with two attached hydrogens (primary N) is 2. The average Bonchev–Trinajstić information content (AvgIpc) is 2.79. The largest absolute Gasteiger partial charge is 0.497 e. The molecule has 0 amide bonds. The van der Waals surface area contributed by atoms with Crippen LogP contribution in [0.2, 0.25) is 0 Å². The van der Waals surface area contributed by atoms with Crippen LogP contribution >= 0.6 is 0 Å². The standard InChI is InChI=1S/C23H27N7O/c1-31-16-9-10-18-17(13-16)22(28-19-6-2-3-7-20(19)29-23(24)25)30-21(27-18)11-8-15-5-4-12-26-14-15/h4-5,8-14,19-20H,2-3,6-7H2,1H3,(H4,24,25,29)(H,27,28,30)/t19-,20+/m0/s1. The number of ether oxygens (including phenoxy) is 1. The first-order valence-electron chi connectivity index (χ1n) is 10.4. The summed E-state index contributed by atoms with van der Waals surface area (Å²) in [5.41, 5.74) is 13.2. The fraction of sp³-hybridized carbons (Fsp3) is 0.304. The predicted molar refractivity (Wildman–Crippen MR) is 125 cm³/mol. The maximum Gasteiger partial charge on any atom is 0.186 e. The lowest BCUT2D eigenvalue weighted by Gasteiger charge is -2.30. The first kappa shape index (κ1) is 20.6. The molecule has 160 valence electrons. The SMILES string of the molecule is COc1ccc2nc(C=Cc3cccnc3)nc(N[C@H]3CCCC[C@H]3N=C(N)N)c2c1. The van der Waals surface area contributed by atoms with E-state index in [1.807, 2.05) is 42.5 Å². The molecule has 5 N–H and O–H groups in total. The van der Waals surface area contributed by atoms with Gasteiger partial charge in [-0.1, -0.05) is 18.9 Å². The molecule has 0 aliphatic heterocycles. The highest BCUT2D eigenvalue weighted by Gasteiger charge is 2.26. The molecule has 0 radical (unpaired) electrons. The van der Waals surface area contributed by atoms with Crippen LogP contribution in [-0.4, -0.2) is 40.1 Å². The van der Waals surface area contributed by atoms with Gasteiger partial charge in [0.25, 0.3) is 0 Å². The number of pyridine rings is 1. The van der Waals surface area contributed by atoms with E-state index >= 15 is 0 Å². The van der Waals surface area contributed by atoms with E-state index in [1.54, 1.807) is 19.5 Å². The topological polar surface area (TPSA) is 124 Å². The molecule has 2 atom stereocenters. The van der Waals surface area contributed by atoms with Gasteiger partial charge in [0.1, 0.15) is 11.6 Å². The number of guanidine groups is 1. The number of nitrogens with one attached hydrogen (secondary N) is 1. The molecule has 1 aromatic carbocycles. The van der Waals surface area contributed by atoms with E-state index in [-0.39, 0.29) is 18.0 Å². The number of hydrogen-bond acceptors (Lipinski definition) is 6. The van der Waals surface area contributed by atoms with Crippen LogP contribution in [-0.2, 0) is 0 Å². The summed E-state index contributed by atoms with van der Waals surface area (Å²) in [6, 6.07) is 9.78. The zero-order chi connectivity index (χ0) is 21.6. The van der Waals surface area contributed by atoms with Crippen molar-refractivity contribution in [2.45, 2.75) is 37.8 Å². The summed E-state index contributed by atoms with van der Waals surface area (Å²) in [7, 11) is 1.65. The fourth-order valence-corrected chi connectivity index (χ4v) is 3.88. The van der Waals surface area contributed by atoms with Crippen LogP contribution in [0.5, 0.6) is 5.75 Å². The Morgan fingerprint density at radius 1 is 1.16 bits per heavy atom. The highest BCUT2D eigenvalue weighted by Crippen LogP contribution is 2.29. The van der Waals surface area contributed by atoms with Gasteiger partial charge in [-0.05, 0) is 54.8 Å². The van der Waals surface area contributed by atoms with Gasteiger partial charge in [-0.3, -0.25) is 4.98 Å². The van der Waals surface area contributed by atoms with Crippen molar-refractivity contribution in [2.24, 2.45) is 16.5 Å². The quantitative estimate of drug-likeness (QED) is 0.415. The molecular weight excluding hydrogens is 390 g/mol. The van der Waals surface area contributed by atoms with Gasteiger partial charge in [-0.15, -0.1) is 0 Å². The van der Waals surface area contributed by atoms with Crippen LogP contribution in [0.4, 0.5) is 5.82 Å². The third-order valence-electron chi connectivity index (χ3n) is 5.40. The van der Waals surface area contributed by atoms with Crippen molar-refractivity contribution in [3.8, 4) is 5.75 Å². The molecule has 2 heterocycles. The average molecular weight is 418 g/mol. The third kappa shape index (κ3) is 5.09. The van der Waals surface area contributed by atoms with Crippen molar-refractivity contribution in [3.05, 3.63) is 54.1 Å². The lowest BCUT2D eigenvalue weighted by Crippen LogP contribution is -2.38. The Labute approximate surface area is 181 Å². The number of aliphatic imine (C=N–C) groups is 1. The van der Waals surface area contributed by atoms with Crippen molar-refractivity contribution in [3.63, 3.8) is 0 Å². The van der Waals surface area contributed by atoms with Crippen molar-refractivity contribution in [1.29, 1.82) is 0 Å². The van der Waals surface area contributed by atoms with E-state index < -0.39 is 0 Å².